The zero-order valence-corrected chi connectivity index (χ0v) is 11.3. The second-order valence-electron chi connectivity index (χ2n) is 5.67. The average Bonchev–Trinajstić information content (AvgIpc) is 2.82. The zero-order valence-electron chi connectivity index (χ0n) is 11.3. The Hall–Kier alpha value is -1.30. The smallest absolute Gasteiger partial charge is 0.0163 e. The third kappa shape index (κ3) is 2.16. The highest BCUT2D eigenvalue weighted by Gasteiger charge is 2.25. The Labute approximate surface area is 110 Å². The summed E-state index contributed by atoms with van der Waals surface area (Å²) in [5.74, 6) is 0.865. The molecule has 1 aromatic carbocycles. The van der Waals surface area contributed by atoms with Gasteiger partial charge in [-0.2, -0.15) is 0 Å². The Balaban J connectivity index is 2.12. The molecule has 0 radical (unpaired) electrons. The van der Waals surface area contributed by atoms with Gasteiger partial charge in [-0.1, -0.05) is 42.0 Å². The number of allylic oxidation sites excluding steroid dienone is 4. The lowest BCUT2D eigenvalue weighted by molar-refractivity contribution is 0.547. The maximum Gasteiger partial charge on any atom is -0.0163 e. The van der Waals surface area contributed by atoms with Gasteiger partial charge in [0.05, 0.1) is 0 Å². The average molecular weight is 238 g/mol. The summed E-state index contributed by atoms with van der Waals surface area (Å²) in [6, 6.07) is 11.0. The molecule has 1 unspecified atom stereocenters. The van der Waals surface area contributed by atoms with E-state index in [1.165, 1.54) is 49.7 Å². The van der Waals surface area contributed by atoms with Crippen molar-refractivity contribution >= 4 is 5.57 Å². The Morgan fingerprint density at radius 3 is 2.61 bits per heavy atom. The molecule has 1 saturated carbocycles. The molecule has 0 saturated heterocycles. The molecule has 2 aliphatic rings. The summed E-state index contributed by atoms with van der Waals surface area (Å²) in [4.78, 5) is 0. The molecule has 2 aliphatic carbocycles. The van der Waals surface area contributed by atoms with Crippen LogP contribution in [0.5, 0.6) is 0 Å². The SMILES string of the molecule is CC1=CCCCC2CCC/C2=C/1c1ccccc1. The first-order chi connectivity index (χ1) is 8.86. The van der Waals surface area contributed by atoms with Crippen molar-refractivity contribution < 1.29 is 0 Å². The molecule has 1 aromatic rings. The molecule has 1 atom stereocenters. The van der Waals surface area contributed by atoms with Crippen LogP contribution in [-0.4, -0.2) is 0 Å². The third-order valence-electron chi connectivity index (χ3n) is 4.48. The summed E-state index contributed by atoms with van der Waals surface area (Å²) in [6.45, 7) is 2.30. The van der Waals surface area contributed by atoms with Crippen LogP contribution in [0.25, 0.3) is 5.57 Å². The van der Waals surface area contributed by atoms with Crippen molar-refractivity contribution in [1.82, 2.24) is 0 Å². The van der Waals surface area contributed by atoms with Crippen molar-refractivity contribution in [1.29, 1.82) is 0 Å². The third-order valence-corrected chi connectivity index (χ3v) is 4.48. The van der Waals surface area contributed by atoms with E-state index in [0.29, 0.717) is 0 Å². The molecule has 0 bridgehead atoms. The number of benzene rings is 1. The lowest BCUT2D eigenvalue weighted by Gasteiger charge is -2.21. The maximum absolute atomic E-state index is 2.45. The largest absolute Gasteiger partial charge is 0.0810 e. The van der Waals surface area contributed by atoms with Gasteiger partial charge in [0.2, 0.25) is 0 Å². The Kier molecular flexibility index (Phi) is 3.36. The van der Waals surface area contributed by atoms with E-state index in [9.17, 15) is 0 Å². The van der Waals surface area contributed by atoms with Gasteiger partial charge in [0.25, 0.3) is 0 Å². The second kappa shape index (κ2) is 5.14. The number of fused-ring (bicyclic) bond motifs is 1. The van der Waals surface area contributed by atoms with Gasteiger partial charge < -0.3 is 0 Å². The van der Waals surface area contributed by atoms with Crippen LogP contribution in [0.1, 0.15) is 51.0 Å². The minimum Gasteiger partial charge on any atom is -0.0810 e. The first-order valence-electron chi connectivity index (χ1n) is 7.32. The highest BCUT2D eigenvalue weighted by molar-refractivity contribution is 5.81. The molecule has 0 nitrogen and oxygen atoms in total. The molecule has 0 heterocycles. The fourth-order valence-electron chi connectivity index (χ4n) is 3.62. The summed E-state index contributed by atoms with van der Waals surface area (Å²) >= 11 is 0. The van der Waals surface area contributed by atoms with Gasteiger partial charge in [0.15, 0.2) is 0 Å². The van der Waals surface area contributed by atoms with E-state index in [4.69, 9.17) is 0 Å². The van der Waals surface area contributed by atoms with E-state index < -0.39 is 0 Å². The molecule has 3 rings (SSSR count). The first-order valence-corrected chi connectivity index (χ1v) is 7.32. The summed E-state index contributed by atoms with van der Waals surface area (Å²) in [5.41, 5.74) is 6.24. The summed E-state index contributed by atoms with van der Waals surface area (Å²) < 4.78 is 0. The van der Waals surface area contributed by atoms with Crippen molar-refractivity contribution in [3.8, 4) is 0 Å². The van der Waals surface area contributed by atoms with E-state index in [2.05, 4.69) is 43.3 Å². The Morgan fingerprint density at radius 2 is 1.78 bits per heavy atom. The van der Waals surface area contributed by atoms with Crippen LogP contribution < -0.4 is 0 Å². The zero-order chi connectivity index (χ0) is 12.4. The van der Waals surface area contributed by atoms with Crippen LogP contribution in [0.3, 0.4) is 0 Å². The van der Waals surface area contributed by atoms with Crippen LogP contribution in [0.4, 0.5) is 0 Å². The van der Waals surface area contributed by atoms with Crippen LogP contribution in [0.15, 0.2) is 47.6 Å². The topological polar surface area (TPSA) is 0 Å². The normalized spacial score (nSPS) is 28.3. The van der Waals surface area contributed by atoms with Gasteiger partial charge in [-0.05, 0) is 68.1 Å². The molecule has 0 aliphatic heterocycles. The lowest BCUT2D eigenvalue weighted by Crippen LogP contribution is -2.04. The molecule has 94 valence electrons. The molecule has 0 N–H and O–H groups in total. The van der Waals surface area contributed by atoms with Crippen LogP contribution in [0, 0.1) is 5.92 Å². The van der Waals surface area contributed by atoms with Gasteiger partial charge >= 0.3 is 0 Å². The second-order valence-corrected chi connectivity index (χ2v) is 5.67. The van der Waals surface area contributed by atoms with E-state index in [1.807, 2.05) is 0 Å². The van der Waals surface area contributed by atoms with E-state index in [0.717, 1.165) is 5.92 Å². The minimum atomic E-state index is 0.865. The quantitative estimate of drug-likeness (QED) is 0.617. The Morgan fingerprint density at radius 1 is 1.00 bits per heavy atom. The molecule has 0 aromatic heterocycles. The molecular weight excluding hydrogens is 216 g/mol. The minimum absolute atomic E-state index is 0.865. The molecule has 0 heteroatoms. The van der Waals surface area contributed by atoms with Crippen LogP contribution in [-0.2, 0) is 0 Å². The molecular formula is C18H22. The highest BCUT2D eigenvalue weighted by Crippen LogP contribution is 2.43. The highest BCUT2D eigenvalue weighted by atomic mass is 14.3. The van der Waals surface area contributed by atoms with Gasteiger partial charge in [0.1, 0.15) is 0 Å². The van der Waals surface area contributed by atoms with Gasteiger partial charge in [0, 0.05) is 0 Å². The van der Waals surface area contributed by atoms with Crippen LogP contribution >= 0.6 is 0 Å². The van der Waals surface area contributed by atoms with Gasteiger partial charge in [-0.25, -0.2) is 0 Å². The van der Waals surface area contributed by atoms with Crippen molar-refractivity contribution in [3.05, 3.63) is 53.1 Å². The number of hydrogen-bond donors (Lipinski definition) is 0. The van der Waals surface area contributed by atoms with Gasteiger partial charge in [-0.15, -0.1) is 0 Å². The predicted octanol–water partition coefficient (Wildman–Crippen LogP) is 5.37. The number of hydrogen-bond acceptors (Lipinski definition) is 0. The van der Waals surface area contributed by atoms with Crippen molar-refractivity contribution in [2.75, 3.05) is 0 Å². The maximum atomic E-state index is 2.45. The van der Waals surface area contributed by atoms with Gasteiger partial charge in [-0.3, -0.25) is 0 Å². The monoisotopic (exact) mass is 238 g/mol. The fraction of sp³-hybridized carbons (Fsp3) is 0.444. The molecule has 18 heavy (non-hydrogen) atoms. The summed E-state index contributed by atoms with van der Waals surface area (Å²) in [5, 5.41) is 0. The summed E-state index contributed by atoms with van der Waals surface area (Å²) in [7, 11) is 0. The molecule has 0 spiro atoms. The van der Waals surface area contributed by atoms with E-state index >= 15 is 0 Å². The lowest BCUT2D eigenvalue weighted by atomic mass is 9.84. The van der Waals surface area contributed by atoms with Crippen molar-refractivity contribution in [2.45, 2.75) is 45.4 Å². The van der Waals surface area contributed by atoms with Crippen molar-refractivity contribution in [3.63, 3.8) is 0 Å². The fourth-order valence-corrected chi connectivity index (χ4v) is 3.62. The number of rotatable bonds is 1. The van der Waals surface area contributed by atoms with Crippen molar-refractivity contribution in [2.24, 2.45) is 5.92 Å². The summed E-state index contributed by atoms with van der Waals surface area (Å²) in [6.07, 6.45) is 10.6. The standard InChI is InChI=1S/C18H22/c1-14-8-5-6-9-15-12-7-13-17(15)18(14)16-10-3-2-4-11-16/h2-4,8,10-11,15H,5-7,9,12-13H2,1H3/b14-8?,18-17+. The molecule has 1 fully saturated rings. The predicted molar refractivity (Wildman–Crippen MR) is 78.3 cm³/mol. The molecule has 0 amide bonds. The van der Waals surface area contributed by atoms with Crippen LogP contribution in [0.2, 0.25) is 0 Å². The Bertz CT molecular complexity index is 476. The van der Waals surface area contributed by atoms with E-state index in [-0.39, 0.29) is 0 Å². The first kappa shape index (κ1) is 11.8. The van der Waals surface area contributed by atoms with E-state index in [1.54, 1.807) is 11.1 Å².